The first-order valence-electron chi connectivity index (χ1n) is 6.12. The van der Waals surface area contributed by atoms with Crippen LogP contribution in [-0.4, -0.2) is 13.2 Å². The second-order valence-corrected chi connectivity index (χ2v) is 5.91. The lowest BCUT2D eigenvalue weighted by molar-refractivity contribution is -0.0498. The average molecular weight is 255 g/mol. The highest BCUT2D eigenvalue weighted by molar-refractivity contribution is 5.35. The summed E-state index contributed by atoms with van der Waals surface area (Å²) in [5.74, 6) is 0.194. The lowest BCUT2D eigenvalue weighted by Gasteiger charge is -2.53. The van der Waals surface area contributed by atoms with E-state index >= 15 is 0 Å². The van der Waals surface area contributed by atoms with Gasteiger partial charge in [-0.25, -0.2) is 0 Å². The molecule has 1 aliphatic rings. The molecule has 0 aliphatic heterocycles. The van der Waals surface area contributed by atoms with Crippen molar-refractivity contribution in [2.45, 2.75) is 38.7 Å². The molecule has 0 amide bonds. The molecule has 0 aromatic heterocycles. The number of ether oxygens (including phenoxy) is 1. The lowest BCUT2D eigenvalue weighted by atomic mass is 9.52. The normalized spacial score (nSPS) is 20.6. The fraction of sp³-hybridized carbons (Fsp3) is 0.571. The fourth-order valence-corrected chi connectivity index (χ4v) is 3.24. The van der Waals surface area contributed by atoms with E-state index in [0.29, 0.717) is 12.0 Å². The highest BCUT2D eigenvalue weighted by atomic mass is 19.3. The number of nitrogens with two attached hydrogens (primary N) is 1. The van der Waals surface area contributed by atoms with E-state index in [4.69, 9.17) is 5.73 Å². The van der Waals surface area contributed by atoms with Crippen LogP contribution in [0.5, 0.6) is 5.75 Å². The van der Waals surface area contributed by atoms with E-state index in [1.807, 2.05) is 12.1 Å². The van der Waals surface area contributed by atoms with Crippen molar-refractivity contribution >= 4 is 0 Å². The Hall–Kier alpha value is -1.16. The van der Waals surface area contributed by atoms with Gasteiger partial charge in [-0.15, -0.1) is 0 Å². The van der Waals surface area contributed by atoms with Gasteiger partial charge in [-0.1, -0.05) is 26.0 Å². The van der Waals surface area contributed by atoms with E-state index in [1.54, 1.807) is 12.1 Å². The molecule has 2 rings (SSSR count). The van der Waals surface area contributed by atoms with Crippen LogP contribution in [0.4, 0.5) is 8.78 Å². The molecule has 0 atom stereocenters. The third-order valence-electron chi connectivity index (χ3n) is 3.72. The Labute approximate surface area is 106 Å². The predicted molar refractivity (Wildman–Crippen MR) is 66.8 cm³/mol. The van der Waals surface area contributed by atoms with Gasteiger partial charge in [0, 0.05) is 12.0 Å². The summed E-state index contributed by atoms with van der Waals surface area (Å²) in [5.41, 5.74) is 7.33. The molecule has 0 heterocycles. The zero-order valence-corrected chi connectivity index (χ0v) is 10.7. The Morgan fingerprint density at radius 1 is 1.22 bits per heavy atom. The third kappa shape index (κ3) is 2.48. The summed E-state index contributed by atoms with van der Waals surface area (Å²) in [4.78, 5) is 0. The number of hydrogen-bond donors (Lipinski definition) is 1. The van der Waals surface area contributed by atoms with Crippen molar-refractivity contribution in [1.82, 2.24) is 0 Å². The first-order chi connectivity index (χ1) is 8.37. The zero-order valence-electron chi connectivity index (χ0n) is 10.7. The summed E-state index contributed by atoms with van der Waals surface area (Å²) in [6, 6.07) is 6.87. The quantitative estimate of drug-likeness (QED) is 0.895. The third-order valence-corrected chi connectivity index (χ3v) is 3.72. The highest BCUT2D eigenvalue weighted by Gasteiger charge is 2.49. The maximum Gasteiger partial charge on any atom is 0.387 e. The molecule has 1 fully saturated rings. The van der Waals surface area contributed by atoms with Crippen molar-refractivity contribution in [1.29, 1.82) is 0 Å². The number of rotatable bonds is 4. The molecule has 1 saturated carbocycles. The number of alkyl halides is 2. The van der Waals surface area contributed by atoms with Crippen LogP contribution in [0.3, 0.4) is 0 Å². The molecular formula is C14H19F2NO. The summed E-state index contributed by atoms with van der Waals surface area (Å²) in [5, 5.41) is 0. The van der Waals surface area contributed by atoms with Gasteiger partial charge in [-0.2, -0.15) is 8.78 Å². The van der Waals surface area contributed by atoms with E-state index in [2.05, 4.69) is 18.6 Å². The molecule has 2 N–H and O–H groups in total. The number of benzene rings is 1. The van der Waals surface area contributed by atoms with Gasteiger partial charge in [0.1, 0.15) is 5.75 Å². The summed E-state index contributed by atoms with van der Waals surface area (Å²) < 4.78 is 28.5. The Kier molecular flexibility index (Phi) is 3.32. The van der Waals surface area contributed by atoms with Gasteiger partial charge in [0.2, 0.25) is 0 Å². The minimum Gasteiger partial charge on any atom is -0.435 e. The van der Waals surface area contributed by atoms with Crippen LogP contribution in [-0.2, 0) is 5.41 Å². The molecule has 1 aliphatic carbocycles. The topological polar surface area (TPSA) is 35.2 Å². The van der Waals surface area contributed by atoms with Crippen LogP contribution >= 0.6 is 0 Å². The Balaban J connectivity index is 2.14. The molecule has 0 spiro atoms. The molecule has 18 heavy (non-hydrogen) atoms. The first-order valence-corrected chi connectivity index (χ1v) is 6.12. The second kappa shape index (κ2) is 4.50. The average Bonchev–Trinajstić information content (AvgIpc) is 2.25. The molecule has 0 radical (unpaired) electrons. The van der Waals surface area contributed by atoms with Crippen molar-refractivity contribution in [3.8, 4) is 5.75 Å². The van der Waals surface area contributed by atoms with Crippen LogP contribution in [0, 0.1) is 5.41 Å². The molecule has 100 valence electrons. The van der Waals surface area contributed by atoms with E-state index in [0.717, 1.165) is 18.4 Å². The predicted octanol–water partition coefficient (Wildman–Crippen LogP) is 3.30. The molecule has 0 unspecified atom stereocenters. The Morgan fingerprint density at radius 3 is 2.17 bits per heavy atom. The Morgan fingerprint density at radius 2 is 1.78 bits per heavy atom. The van der Waals surface area contributed by atoms with Gasteiger partial charge < -0.3 is 10.5 Å². The fourth-order valence-electron chi connectivity index (χ4n) is 3.24. The highest BCUT2D eigenvalue weighted by Crippen LogP contribution is 2.54. The smallest absolute Gasteiger partial charge is 0.387 e. The van der Waals surface area contributed by atoms with Crippen LogP contribution in [0.1, 0.15) is 32.3 Å². The molecule has 2 nitrogen and oxygen atoms in total. The Bertz CT molecular complexity index is 406. The van der Waals surface area contributed by atoms with Gasteiger partial charge in [-0.05, 0) is 36.0 Å². The summed E-state index contributed by atoms with van der Waals surface area (Å²) in [6.07, 6.45) is 2.07. The summed E-state index contributed by atoms with van der Waals surface area (Å²) in [6.45, 7) is 2.25. The van der Waals surface area contributed by atoms with Crippen molar-refractivity contribution in [3.05, 3.63) is 29.8 Å². The van der Waals surface area contributed by atoms with Gasteiger partial charge in [0.25, 0.3) is 0 Å². The minimum absolute atomic E-state index is 0.00681. The standard InChI is InChI=1S/C14H19F2NO/c1-13(2)7-14(8-13,9-17)10-3-5-11(6-4-10)18-12(15)16/h3-6,12H,7-9,17H2,1-2H3. The summed E-state index contributed by atoms with van der Waals surface area (Å²) in [7, 11) is 0. The monoisotopic (exact) mass is 255 g/mol. The summed E-state index contributed by atoms with van der Waals surface area (Å²) >= 11 is 0. The number of hydrogen-bond acceptors (Lipinski definition) is 2. The van der Waals surface area contributed by atoms with Crippen LogP contribution in [0.2, 0.25) is 0 Å². The van der Waals surface area contributed by atoms with Crippen LogP contribution < -0.4 is 10.5 Å². The van der Waals surface area contributed by atoms with Gasteiger partial charge >= 0.3 is 6.61 Å². The van der Waals surface area contributed by atoms with E-state index in [9.17, 15) is 8.78 Å². The molecule has 0 bridgehead atoms. The van der Waals surface area contributed by atoms with Gasteiger partial charge in [-0.3, -0.25) is 0 Å². The molecule has 1 aromatic carbocycles. The molecule has 0 saturated heterocycles. The number of halogens is 2. The van der Waals surface area contributed by atoms with Gasteiger partial charge in [0.05, 0.1) is 0 Å². The maximum absolute atomic E-state index is 12.1. The van der Waals surface area contributed by atoms with E-state index in [1.165, 1.54) is 0 Å². The maximum atomic E-state index is 12.1. The van der Waals surface area contributed by atoms with Gasteiger partial charge in [0.15, 0.2) is 0 Å². The van der Waals surface area contributed by atoms with Crippen LogP contribution in [0.15, 0.2) is 24.3 Å². The van der Waals surface area contributed by atoms with Crippen molar-refractivity contribution < 1.29 is 13.5 Å². The van der Waals surface area contributed by atoms with Crippen LogP contribution in [0.25, 0.3) is 0 Å². The second-order valence-electron chi connectivity index (χ2n) is 5.91. The minimum atomic E-state index is -2.78. The molecular weight excluding hydrogens is 236 g/mol. The van der Waals surface area contributed by atoms with E-state index < -0.39 is 6.61 Å². The largest absolute Gasteiger partial charge is 0.435 e. The lowest BCUT2D eigenvalue weighted by Crippen LogP contribution is -2.51. The van der Waals surface area contributed by atoms with Crippen molar-refractivity contribution in [2.24, 2.45) is 11.1 Å². The van der Waals surface area contributed by atoms with Crippen molar-refractivity contribution in [3.63, 3.8) is 0 Å². The van der Waals surface area contributed by atoms with E-state index in [-0.39, 0.29) is 11.2 Å². The first kappa shape index (κ1) is 13.3. The van der Waals surface area contributed by atoms with Crippen molar-refractivity contribution in [2.75, 3.05) is 6.54 Å². The molecule has 4 heteroatoms. The zero-order chi connectivity index (χ0) is 13.4. The SMILES string of the molecule is CC1(C)CC(CN)(c2ccc(OC(F)F)cc2)C1. The molecule has 1 aromatic rings.